The molecule has 1 aliphatic heterocycles. The van der Waals surface area contributed by atoms with Crippen LogP contribution in [0.15, 0.2) is 30.9 Å². The van der Waals surface area contributed by atoms with Crippen LogP contribution in [-0.2, 0) is 16.0 Å². The number of carboxylic acids is 1. The number of aryl methyl sites for hydroxylation is 1. The Hall–Kier alpha value is -2.43. The van der Waals surface area contributed by atoms with Gasteiger partial charge < -0.3 is 5.11 Å². The molecule has 1 heterocycles. The number of hydrogen-bond acceptors (Lipinski definition) is 3. The van der Waals surface area contributed by atoms with Crippen LogP contribution in [0.5, 0.6) is 0 Å². The molecule has 0 unspecified atom stereocenters. The molecule has 0 radical (unpaired) electrons. The van der Waals surface area contributed by atoms with E-state index < -0.39 is 11.9 Å². The van der Waals surface area contributed by atoms with E-state index in [0.717, 1.165) is 11.0 Å². The molecule has 0 aromatic heterocycles. The highest BCUT2D eigenvalue weighted by Gasteiger charge is 2.28. The van der Waals surface area contributed by atoms with Crippen LogP contribution in [0.25, 0.3) is 0 Å². The van der Waals surface area contributed by atoms with E-state index in [9.17, 15) is 14.4 Å². The number of rotatable bonds is 2. The molecule has 0 spiro atoms. The molecule has 1 aliphatic rings. The third-order valence-corrected chi connectivity index (χ3v) is 2.82. The fraction of sp³-hybridized carbons (Fsp3) is 0.154. The van der Waals surface area contributed by atoms with Crippen molar-refractivity contribution < 1.29 is 19.5 Å². The van der Waals surface area contributed by atoms with Gasteiger partial charge in [-0.3, -0.25) is 9.59 Å². The van der Waals surface area contributed by atoms with Gasteiger partial charge in [0.1, 0.15) is 0 Å². The molecule has 0 aliphatic carbocycles. The maximum atomic E-state index is 11.7. The Balaban J connectivity index is 2.51. The van der Waals surface area contributed by atoms with Crippen molar-refractivity contribution in [2.75, 3.05) is 4.90 Å². The van der Waals surface area contributed by atoms with Crippen LogP contribution in [0.1, 0.15) is 22.3 Å². The molecule has 1 N–H and O–H groups in total. The Bertz CT molecular complexity index is 562. The van der Waals surface area contributed by atoms with Crippen molar-refractivity contribution in [3.8, 4) is 0 Å². The summed E-state index contributed by atoms with van der Waals surface area (Å²) in [5.74, 6) is -1.82. The predicted octanol–water partition coefficient (Wildman–Crippen LogP) is 1.38. The molecule has 92 valence electrons. The van der Waals surface area contributed by atoms with Crippen LogP contribution >= 0.6 is 0 Å². The first kappa shape index (κ1) is 12.0. The summed E-state index contributed by atoms with van der Waals surface area (Å²) in [6.45, 7) is 3.35. The second-order valence-corrected chi connectivity index (χ2v) is 3.92. The first-order chi connectivity index (χ1) is 8.54. The molecule has 0 saturated heterocycles. The fourth-order valence-corrected chi connectivity index (χ4v) is 1.96. The van der Waals surface area contributed by atoms with Crippen LogP contribution in [0.3, 0.4) is 0 Å². The largest absolute Gasteiger partial charge is 0.478 e. The molecule has 0 bridgehead atoms. The number of hydrogen-bond donors (Lipinski definition) is 1. The zero-order valence-corrected chi connectivity index (χ0v) is 9.55. The normalized spacial score (nSPS) is 14.0. The number of carbonyl (C=O) groups is 3. The van der Waals surface area contributed by atoms with E-state index in [-0.39, 0.29) is 17.9 Å². The van der Waals surface area contributed by atoms with Gasteiger partial charge in [0.15, 0.2) is 0 Å². The van der Waals surface area contributed by atoms with Crippen LogP contribution in [-0.4, -0.2) is 22.9 Å². The summed E-state index contributed by atoms with van der Waals surface area (Å²) < 4.78 is 0. The van der Waals surface area contributed by atoms with Crippen molar-refractivity contribution in [3.63, 3.8) is 0 Å². The van der Waals surface area contributed by atoms with Crippen LogP contribution in [0.2, 0.25) is 0 Å². The molecule has 2 amide bonds. The summed E-state index contributed by atoms with van der Waals surface area (Å²) in [6, 6.07) is 4.36. The number of anilines is 1. The summed E-state index contributed by atoms with van der Waals surface area (Å²) in [5, 5.41) is 8.90. The van der Waals surface area contributed by atoms with E-state index in [1.54, 1.807) is 0 Å². The fourth-order valence-electron chi connectivity index (χ4n) is 1.96. The molecule has 0 atom stereocenters. The quantitative estimate of drug-likeness (QED) is 0.798. The lowest BCUT2D eigenvalue weighted by Gasteiger charge is -2.26. The van der Waals surface area contributed by atoms with E-state index in [0.29, 0.717) is 17.7 Å². The smallest absolute Gasteiger partial charge is 0.335 e. The second-order valence-electron chi connectivity index (χ2n) is 3.92. The van der Waals surface area contributed by atoms with Crippen molar-refractivity contribution in [1.82, 2.24) is 0 Å². The van der Waals surface area contributed by atoms with E-state index >= 15 is 0 Å². The van der Waals surface area contributed by atoms with Gasteiger partial charge in [-0.1, -0.05) is 6.58 Å². The Labute approximate surface area is 103 Å². The van der Waals surface area contributed by atoms with Gasteiger partial charge in [0.25, 0.3) is 5.91 Å². The van der Waals surface area contributed by atoms with Gasteiger partial charge >= 0.3 is 5.97 Å². The molecular formula is C13H11NO4. The Morgan fingerprint density at radius 2 is 2.06 bits per heavy atom. The number of imide groups is 1. The number of fused-ring (bicyclic) bond motifs is 1. The zero-order chi connectivity index (χ0) is 13.3. The van der Waals surface area contributed by atoms with Gasteiger partial charge in [-0.15, -0.1) is 0 Å². The molecule has 0 fully saturated rings. The van der Waals surface area contributed by atoms with Gasteiger partial charge in [-0.25, -0.2) is 9.69 Å². The molecule has 5 nitrogen and oxygen atoms in total. The molecule has 18 heavy (non-hydrogen) atoms. The average Bonchev–Trinajstić information content (AvgIpc) is 2.37. The Morgan fingerprint density at radius 3 is 2.67 bits per heavy atom. The molecule has 5 heteroatoms. The van der Waals surface area contributed by atoms with Gasteiger partial charge in [-0.05, 0) is 36.3 Å². The molecule has 1 aromatic carbocycles. The summed E-state index contributed by atoms with van der Waals surface area (Å²) in [6.07, 6.45) is 1.70. The maximum absolute atomic E-state index is 11.7. The van der Waals surface area contributed by atoms with E-state index in [1.807, 2.05) is 0 Å². The van der Waals surface area contributed by atoms with Crippen molar-refractivity contribution in [3.05, 3.63) is 42.0 Å². The highest BCUT2D eigenvalue weighted by Crippen LogP contribution is 2.29. The monoisotopic (exact) mass is 245 g/mol. The summed E-state index contributed by atoms with van der Waals surface area (Å²) >= 11 is 0. The standard InChI is InChI=1S/C13H11NO4/c1-2-11(15)14-10-5-3-9(13(17)18)7-8(10)4-6-12(14)16/h2-3,5,7H,1,4,6H2,(H,17,18). The number of carbonyl (C=O) groups excluding carboxylic acids is 2. The highest BCUT2D eigenvalue weighted by molar-refractivity contribution is 6.20. The minimum Gasteiger partial charge on any atom is -0.478 e. The highest BCUT2D eigenvalue weighted by atomic mass is 16.4. The zero-order valence-electron chi connectivity index (χ0n) is 9.55. The van der Waals surface area contributed by atoms with Gasteiger partial charge in [-0.2, -0.15) is 0 Å². The first-order valence-electron chi connectivity index (χ1n) is 5.40. The summed E-state index contributed by atoms with van der Waals surface area (Å²) in [7, 11) is 0. The van der Waals surface area contributed by atoms with Crippen LogP contribution < -0.4 is 4.90 Å². The predicted molar refractivity (Wildman–Crippen MR) is 64.4 cm³/mol. The van der Waals surface area contributed by atoms with Gasteiger partial charge in [0.2, 0.25) is 5.91 Å². The minimum absolute atomic E-state index is 0.147. The van der Waals surface area contributed by atoms with Crippen molar-refractivity contribution in [2.45, 2.75) is 12.8 Å². The maximum Gasteiger partial charge on any atom is 0.335 e. The SMILES string of the molecule is C=CC(=O)N1C(=O)CCc2cc(C(=O)O)ccc21. The van der Waals surface area contributed by atoms with E-state index in [1.165, 1.54) is 18.2 Å². The topological polar surface area (TPSA) is 74.7 Å². The lowest BCUT2D eigenvalue weighted by molar-refractivity contribution is -0.124. The number of benzene rings is 1. The van der Waals surface area contributed by atoms with Crippen molar-refractivity contribution >= 4 is 23.5 Å². The third-order valence-electron chi connectivity index (χ3n) is 2.82. The molecule has 1 aromatic rings. The molecule has 0 saturated carbocycles. The van der Waals surface area contributed by atoms with Crippen LogP contribution in [0, 0.1) is 0 Å². The lowest BCUT2D eigenvalue weighted by Crippen LogP contribution is -2.39. The lowest BCUT2D eigenvalue weighted by atomic mass is 9.98. The van der Waals surface area contributed by atoms with Crippen molar-refractivity contribution in [2.24, 2.45) is 0 Å². The summed E-state index contributed by atoms with van der Waals surface area (Å²) in [4.78, 5) is 35.2. The van der Waals surface area contributed by atoms with Crippen molar-refractivity contribution in [1.29, 1.82) is 0 Å². The second kappa shape index (κ2) is 4.44. The molecule has 2 rings (SSSR count). The summed E-state index contributed by atoms with van der Waals surface area (Å²) in [5.41, 5.74) is 1.28. The number of amides is 2. The van der Waals surface area contributed by atoms with E-state index in [2.05, 4.69) is 6.58 Å². The number of aromatic carboxylic acids is 1. The van der Waals surface area contributed by atoms with Crippen LogP contribution in [0.4, 0.5) is 5.69 Å². The van der Waals surface area contributed by atoms with Gasteiger partial charge in [0, 0.05) is 6.42 Å². The third kappa shape index (κ3) is 1.90. The van der Waals surface area contributed by atoms with E-state index in [4.69, 9.17) is 5.11 Å². The Morgan fingerprint density at radius 1 is 1.33 bits per heavy atom. The average molecular weight is 245 g/mol. The Kier molecular flexibility index (Phi) is 2.97. The number of nitrogens with zero attached hydrogens (tertiary/aromatic N) is 1. The molecular weight excluding hydrogens is 234 g/mol. The van der Waals surface area contributed by atoms with Gasteiger partial charge in [0.05, 0.1) is 11.3 Å². The minimum atomic E-state index is -1.03. The first-order valence-corrected chi connectivity index (χ1v) is 5.40. The number of carboxylic acid groups (broad SMARTS) is 1.